The van der Waals surface area contributed by atoms with Crippen molar-refractivity contribution in [2.24, 2.45) is 0 Å². The molecule has 1 aromatic carbocycles. The van der Waals surface area contributed by atoms with E-state index in [9.17, 15) is 9.18 Å². The SMILES string of the molecule is Cc1nn(-c2ccc(F)cc2)c(C)c1C(=O)NC(C)c1nnc2ccccn12. The summed E-state index contributed by atoms with van der Waals surface area (Å²) in [5.41, 5.74) is 3.18. The quantitative estimate of drug-likeness (QED) is 0.592. The molecule has 3 heterocycles. The summed E-state index contributed by atoms with van der Waals surface area (Å²) in [6.07, 6.45) is 1.86. The molecular weight excluding hydrogens is 359 g/mol. The summed E-state index contributed by atoms with van der Waals surface area (Å²) in [6, 6.07) is 11.3. The van der Waals surface area contributed by atoms with Gasteiger partial charge in [-0.3, -0.25) is 9.20 Å². The minimum Gasteiger partial charge on any atom is -0.342 e. The Morgan fingerprint density at radius 1 is 1.11 bits per heavy atom. The van der Waals surface area contributed by atoms with E-state index in [4.69, 9.17) is 0 Å². The Balaban J connectivity index is 1.62. The smallest absolute Gasteiger partial charge is 0.255 e. The highest BCUT2D eigenvalue weighted by Crippen LogP contribution is 2.20. The van der Waals surface area contributed by atoms with Gasteiger partial charge >= 0.3 is 0 Å². The average molecular weight is 378 g/mol. The van der Waals surface area contributed by atoms with Gasteiger partial charge in [0.15, 0.2) is 11.5 Å². The summed E-state index contributed by atoms with van der Waals surface area (Å²) in [5.74, 6) is 0.0753. The minimum absolute atomic E-state index is 0.247. The second-order valence-corrected chi connectivity index (χ2v) is 6.62. The maximum absolute atomic E-state index is 13.2. The lowest BCUT2D eigenvalue weighted by Gasteiger charge is -2.13. The molecule has 0 radical (unpaired) electrons. The van der Waals surface area contributed by atoms with E-state index >= 15 is 0 Å². The highest BCUT2D eigenvalue weighted by molar-refractivity contribution is 5.96. The lowest BCUT2D eigenvalue weighted by atomic mass is 10.1. The summed E-state index contributed by atoms with van der Waals surface area (Å²) in [5, 5.41) is 15.7. The molecule has 0 bridgehead atoms. The summed E-state index contributed by atoms with van der Waals surface area (Å²) in [6.45, 7) is 5.45. The van der Waals surface area contributed by atoms with Crippen LogP contribution in [0.2, 0.25) is 0 Å². The zero-order valence-electron chi connectivity index (χ0n) is 15.7. The number of nitrogens with zero attached hydrogens (tertiary/aromatic N) is 5. The van der Waals surface area contributed by atoms with Gasteiger partial charge in [-0.25, -0.2) is 9.07 Å². The fourth-order valence-corrected chi connectivity index (χ4v) is 3.29. The Morgan fingerprint density at radius 2 is 1.86 bits per heavy atom. The molecule has 0 aliphatic rings. The van der Waals surface area contributed by atoms with E-state index < -0.39 is 0 Å². The molecule has 0 aliphatic heterocycles. The average Bonchev–Trinajstić information content (AvgIpc) is 3.23. The Hall–Kier alpha value is -3.55. The third kappa shape index (κ3) is 3.02. The van der Waals surface area contributed by atoms with Crippen molar-refractivity contribution in [1.82, 2.24) is 29.7 Å². The number of carbonyl (C=O) groups is 1. The summed E-state index contributed by atoms with van der Waals surface area (Å²) in [4.78, 5) is 12.9. The van der Waals surface area contributed by atoms with E-state index in [-0.39, 0.29) is 17.8 Å². The van der Waals surface area contributed by atoms with Gasteiger partial charge in [0.2, 0.25) is 0 Å². The molecule has 1 amide bonds. The molecule has 28 heavy (non-hydrogen) atoms. The Kier molecular flexibility index (Phi) is 4.38. The molecule has 1 unspecified atom stereocenters. The predicted molar refractivity (Wildman–Crippen MR) is 102 cm³/mol. The van der Waals surface area contributed by atoms with Crippen molar-refractivity contribution in [1.29, 1.82) is 0 Å². The van der Waals surface area contributed by atoms with Gasteiger partial charge < -0.3 is 5.32 Å². The Labute approximate surface area is 160 Å². The van der Waals surface area contributed by atoms with Crippen molar-refractivity contribution in [3.05, 3.63) is 77.3 Å². The van der Waals surface area contributed by atoms with Crippen molar-refractivity contribution in [3.63, 3.8) is 0 Å². The molecule has 7 nitrogen and oxygen atoms in total. The molecule has 0 fully saturated rings. The molecule has 0 saturated heterocycles. The molecule has 0 spiro atoms. The number of aryl methyl sites for hydroxylation is 1. The first kappa shape index (κ1) is 17.8. The first-order valence-corrected chi connectivity index (χ1v) is 8.88. The Bertz CT molecular complexity index is 1160. The third-order valence-electron chi connectivity index (χ3n) is 4.66. The van der Waals surface area contributed by atoms with E-state index in [1.165, 1.54) is 12.1 Å². The Morgan fingerprint density at radius 3 is 2.61 bits per heavy atom. The highest BCUT2D eigenvalue weighted by Gasteiger charge is 2.23. The van der Waals surface area contributed by atoms with Crippen molar-refractivity contribution in [3.8, 4) is 5.69 Å². The molecular formula is C20H19FN6O. The second-order valence-electron chi connectivity index (χ2n) is 6.62. The number of amides is 1. The van der Waals surface area contributed by atoms with Gasteiger partial charge in [-0.1, -0.05) is 6.07 Å². The van der Waals surface area contributed by atoms with E-state index in [2.05, 4.69) is 20.6 Å². The molecule has 8 heteroatoms. The van der Waals surface area contributed by atoms with Crippen LogP contribution in [0, 0.1) is 19.7 Å². The van der Waals surface area contributed by atoms with Crippen LogP contribution in [0.3, 0.4) is 0 Å². The predicted octanol–water partition coefficient (Wildman–Crippen LogP) is 3.16. The van der Waals surface area contributed by atoms with Crippen LogP contribution in [-0.2, 0) is 0 Å². The molecule has 3 aromatic heterocycles. The first-order chi connectivity index (χ1) is 13.5. The zero-order valence-corrected chi connectivity index (χ0v) is 15.7. The van der Waals surface area contributed by atoms with Crippen LogP contribution in [0.5, 0.6) is 0 Å². The van der Waals surface area contributed by atoms with Gasteiger partial charge in [-0.05, 0) is 57.2 Å². The van der Waals surface area contributed by atoms with Crippen LogP contribution in [-0.4, -0.2) is 30.3 Å². The maximum Gasteiger partial charge on any atom is 0.255 e. The fourth-order valence-electron chi connectivity index (χ4n) is 3.29. The lowest BCUT2D eigenvalue weighted by molar-refractivity contribution is 0.0937. The number of nitrogens with one attached hydrogen (secondary N) is 1. The molecule has 142 valence electrons. The molecule has 4 aromatic rings. The van der Waals surface area contributed by atoms with Crippen molar-refractivity contribution in [2.45, 2.75) is 26.8 Å². The monoisotopic (exact) mass is 378 g/mol. The van der Waals surface area contributed by atoms with E-state index in [1.807, 2.05) is 42.6 Å². The number of aromatic nitrogens is 5. The van der Waals surface area contributed by atoms with Gasteiger partial charge in [0, 0.05) is 6.20 Å². The van der Waals surface area contributed by atoms with Crippen LogP contribution in [0.25, 0.3) is 11.3 Å². The van der Waals surface area contributed by atoms with Gasteiger partial charge in [-0.15, -0.1) is 10.2 Å². The minimum atomic E-state index is -0.349. The van der Waals surface area contributed by atoms with Gasteiger partial charge in [-0.2, -0.15) is 5.10 Å². The van der Waals surface area contributed by atoms with E-state index in [1.54, 1.807) is 23.7 Å². The van der Waals surface area contributed by atoms with Crippen molar-refractivity contribution in [2.75, 3.05) is 0 Å². The fraction of sp³-hybridized carbons (Fsp3) is 0.200. The topological polar surface area (TPSA) is 77.1 Å². The van der Waals surface area contributed by atoms with Crippen molar-refractivity contribution >= 4 is 11.6 Å². The van der Waals surface area contributed by atoms with Crippen molar-refractivity contribution < 1.29 is 9.18 Å². The number of fused-ring (bicyclic) bond motifs is 1. The van der Waals surface area contributed by atoms with Crippen LogP contribution in [0.4, 0.5) is 4.39 Å². The largest absolute Gasteiger partial charge is 0.342 e. The van der Waals surface area contributed by atoms with Crippen LogP contribution in [0.15, 0.2) is 48.7 Å². The van der Waals surface area contributed by atoms with Gasteiger partial charge in [0.25, 0.3) is 5.91 Å². The van der Waals surface area contributed by atoms with Gasteiger partial charge in [0.05, 0.1) is 28.7 Å². The highest BCUT2D eigenvalue weighted by atomic mass is 19.1. The standard InChI is InChI=1S/C20H19FN6O/c1-12-18(14(3)27(25-12)16-9-7-15(21)8-10-16)20(28)22-13(2)19-24-23-17-6-4-5-11-26(17)19/h4-11,13H,1-3H3,(H,22,28). The van der Waals surface area contributed by atoms with Crippen LogP contribution < -0.4 is 5.32 Å². The van der Waals surface area contributed by atoms with Crippen LogP contribution in [0.1, 0.15) is 40.5 Å². The zero-order chi connectivity index (χ0) is 19.8. The van der Waals surface area contributed by atoms with E-state index in [0.29, 0.717) is 28.5 Å². The molecule has 4 rings (SSSR count). The first-order valence-electron chi connectivity index (χ1n) is 8.88. The summed E-state index contributed by atoms with van der Waals surface area (Å²) in [7, 11) is 0. The molecule has 0 aliphatic carbocycles. The molecule has 1 atom stereocenters. The van der Waals surface area contributed by atoms with E-state index in [0.717, 1.165) is 5.65 Å². The summed E-state index contributed by atoms with van der Waals surface area (Å²) >= 11 is 0. The number of pyridine rings is 1. The number of hydrogen-bond donors (Lipinski definition) is 1. The lowest BCUT2D eigenvalue weighted by Crippen LogP contribution is -2.28. The number of carbonyl (C=O) groups excluding carboxylic acids is 1. The molecule has 0 saturated carbocycles. The number of rotatable bonds is 4. The summed E-state index contributed by atoms with van der Waals surface area (Å²) < 4.78 is 16.7. The van der Waals surface area contributed by atoms with Gasteiger partial charge in [0.1, 0.15) is 5.82 Å². The number of halogens is 1. The normalized spacial score (nSPS) is 12.3. The van der Waals surface area contributed by atoms with Crippen LogP contribution >= 0.6 is 0 Å². The molecule has 1 N–H and O–H groups in total. The second kappa shape index (κ2) is 6.88. The number of benzene rings is 1. The third-order valence-corrected chi connectivity index (χ3v) is 4.66. The number of hydrogen-bond acceptors (Lipinski definition) is 4. The maximum atomic E-state index is 13.2.